The minimum absolute atomic E-state index is 0.191. The highest BCUT2D eigenvalue weighted by Gasteiger charge is 2.25. The molecule has 4 rings (SSSR count). The van der Waals surface area contributed by atoms with Crippen molar-refractivity contribution in [3.05, 3.63) is 65.4 Å². The van der Waals surface area contributed by atoms with Gasteiger partial charge in [-0.25, -0.2) is 8.78 Å². The van der Waals surface area contributed by atoms with E-state index in [0.29, 0.717) is 24.2 Å². The van der Waals surface area contributed by atoms with Gasteiger partial charge in [0.15, 0.2) is 0 Å². The first-order chi connectivity index (χ1) is 12.1. The number of halogens is 2. The Labute approximate surface area is 143 Å². The van der Waals surface area contributed by atoms with E-state index in [-0.39, 0.29) is 11.5 Å². The number of aryl methyl sites for hydroxylation is 1. The molecule has 1 amide bonds. The first-order valence-corrected chi connectivity index (χ1v) is 8.01. The van der Waals surface area contributed by atoms with Gasteiger partial charge in [0.25, 0.3) is 5.91 Å². The first-order valence-electron chi connectivity index (χ1n) is 8.01. The Hall–Kier alpha value is -3.02. The largest absolute Gasteiger partial charge is 0.348 e. The van der Waals surface area contributed by atoms with E-state index in [1.807, 2.05) is 23.7 Å². The standard InChI is InChI=1S/C19H15F2N3O/c1-2-24-18(5-6-23-24)14-7-11(8-15-16(14)10-22-19(15)25)13-4-3-12(20)9-17(13)21/h3-9H,2,10H2,1H3,(H,22,25). The van der Waals surface area contributed by atoms with Crippen LogP contribution in [0.2, 0.25) is 0 Å². The summed E-state index contributed by atoms with van der Waals surface area (Å²) in [4.78, 5) is 12.2. The first kappa shape index (κ1) is 15.5. The van der Waals surface area contributed by atoms with Gasteiger partial charge in [-0.3, -0.25) is 9.48 Å². The molecule has 0 spiro atoms. The van der Waals surface area contributed by atoms with E-state index in [0.717, 1.165) is 22.9 Å². The molecule has 0 saturated carbocycles. The summed E-state index contributed by atoms with van der Waals surface area (Å²) >= 11 is 0. The fourth-order valence-electron chi connectivity index (χ4n) is 3.25. The van der Waals surface area contributed by atoms with Crippen molar-refractivity contribution in [3.8, 4) is 22.4 Å². The Balaban J connectivity index is 1.97. The predicted octanol–water partition coefficient (Wildman–Crippen LogP) is 3.76. The highest BCUT2D eigenvalue weighted by atomic mass is 19.1. The minimum Gasteiger partial charge on any atom is -0.348 e. The fraction of sp³-hybridized carbons (Fsp3) is 0.158. The van der Waals surface area contributed by atoms with E-state index in [1.165, 1.54) is 12.1 Å². The maximum absolute atomic E-state index is 14.2. The number of hydrogen-bond donors (Lipinski definition) is 1. The normalized spacial score (nSPS) is 13.0. The van der Waals surface area contributed by atoms with E-state index in [2.05, 4.69) is 10.4 Å². The van der Waals surface area contributed by atoms with Crippen LogP contribution in [0.1, 0.15) is 22.8 Å². The van der Waals surface area contributed by atoms with Crippen molar-refractivity contribution < 1.29 is 13.6 Å². The van der Waals surface area contributed by atoms with Crippen molar-refractivity contribution in [3.63, 3.8) is 0 Å². The van der Waals surface area contributed by atoms with E-state index >= 15 is 0 Å². The van der Waals surface area contributed by atoms with Crippen LogP contribution < -0.4 is 5.32 Å². The van der Waals surface area contributed by atoms with Gasteiger partial charge in [0.05, 0.1) is 5.69 Å². The lowest BCUT2D eigenvalue weighted by molar-refractivity contribution is 0.0966. The maximum atomic E-state index is 14.2. The van der Waals surface area contributed by atoms with Gasteiger partial charge < -0.3 is 5.32 Å². The zero-order valence-electron chi connectivity index (χ0n) is 13.5. The van der Waals surface area contributed by atoms with Gasteiger partial charge in [-0.2, -0.15) is 5.10 Å². The zero-order valence-corrected chi connectivity index (χ0v) is 13.5. The minimum atomic E-state index is -0.659. The lowest BCUT2D eigenvalue weighted by Crippen LogP contribution is -2.12. The van der Waals surface area contributed by atoms with Crippen molar-refractivity contribution in [2.24, 2.45) is 0 Å². The molecular weight excluding hydrogens is 324 g/mol. The molecule has 25 heavy (non-hydrogen) atoms. The van der Waals surface area contributed by atoms with Crippen molar-refractivity contribution in [1.29, 1.82) is 0 Å². The van der Waals surface area contributed by atoms with E-state index in [1.54, 1.807) is 12.3 Å². The van der Waals surface area contributed by atoms with Crippen molar-refractivity contribution >= 4 is 5.91 Å². The molecule has 2 heterocycles. The van der Waals surface area contributed by atoms with Crippen molar-refractivity contribution in [1.82, 2.24) is 15.1 Å². The molecule has 1 aliphatic heterocycles. The average Bonchev–Trinajstić information content (AvgIpc) is 3.21. The Morgan fingerprint density at radius 3 is 2.68 bits per heavy atom. The summed E-state index contributed by atoms with van der Waals surface area (Å²) in [6.45, 7) is 3.07. The molecule has 1 N–H and O–H groups in total. The van der Waals surface area contributed by atoms with Gasteiger partial charge in [0, 0.05) is 42.0 Å². The molecule has 1 aromatic heterocycles. The second-order valence-electron chi connectivity index (χ2n) is 5.89. The number of nitrogens with zero attached hydrogens (tertiary/aromatic N) is 2. The summed E-state index contributed by atoms with van der Waals surface area (Å²) in [5.41, 5.74) is 3.86. The molecule has 126 valence electrons. The molecule has 0 saturated heterocycles. The van der Waals surface area contributed by atoms with Gasteiger partial charge in [0.2, 0.25) is 0 Å². The molecule has 0 radical (unpaired) electrons. The van der Waals surface area contributed by atoms with Crippen LogP contribution in [-0.4, -0.2) is 15.7 Å². The Morgan fingerprint density at radius 1 is 1.12 bits per heavy atom. The Morgan fingerprint density at radius 2 is 1.92 bits per heavy atom. The van der Waals surface area contributed by atoms with Gasteiger partial charge in [-0.1, -0.05) is 0 Å². The summed E-state index contributed by atoms with van der Waals surface area (Å²) in [6, 6.07) is 8.80. The van der Waals surface area contributed by atoms with E-state index in [9.17, 15) is 13.6 Å². The molecule has 4 nitrogen and oxygen atoms in total. The SMILES string of the molecule is CCn1nccc1-c1cc(-c2ccc(F)cc2F)cc2c1CNC2=O. The number of carbonyl (C=O) groups excluding carboxylic acids is 1. The predicted molar refractivity (Wildman–Crippen MR) is 89.9 cm³/mol. The quantitative estimate of drug-likeness (QED) is 0.790. The topological polar surface area (TPSA) is 46.9 Å². The molecular formula is C19H15F2N3O. The number of amides is 1. The number of hydrogen-bond acceptors (Lipinski definition) is 2. The molecule has 3 aromatic rings. The average molecular weight is 339 g/mol. The van der Waals surface area contributed by atoms with E-state index < -0.39 is 11.6 Å². The molecule has 1 aliphatic rings. The van der Waals surface area contributed by atoms with Gasteiger partial charge >= 0.3 is 0 Å². The molecule has 0 unspecified atom stereocenters. The van der Waals surface area contributed by atoms with Gasteiger partial charge in [0.1, 0.15) is 11.6 Å². The second kappa shape index (κ2) is 5.81. The summed E-state index contributed by atoms with van der Waals surface area (Å²) in [7, 11) is 0. The zero-order chi connectivity index (χ0) is 17.6. The van der Waals surface area contributed by atoms with Crippen LogP contribution in [0.5, 0.6) is 0 Å². The van der Waals surface area contributed by atoms with Crippen LogP contribution in [0.25, 0.3) is 22.4 Å². The Kier molecular flexibility index (Phi) is 3.60. The maximum Gasteiger partial charge on any atom is 0.251 e. The van der Waals surface area contributed by atoms with E-state index in [4.69, 9.17) is 0 Å². The van der Waals surface area contributed by atoms with Crippen LogP contribution >= 0.6 is 0 Å². The lowest BCUT2D eigenvalue weighted by atomic mass is 9.93. The van der Waals surface area contributed by atoms with Crippen LogP contribution in [0.15, 0.2) is 42.6 Å². The summed E-state index contributed by atoms with van der Waals surface area (Å²) < 4.78 is 29.3. The second-order valence-corrected chi connectivity index (χ2v) is 5.89. The van der Waals surface area contributed by atoms with Crippen LogP contribution in [0.4, 0.5) is 8.78 Å². The number of fused-ring (bicyclic) bond motifs is 1. The number of aromatic nitrogens is 2. The molecule has 2 aromatic carbocycles. The number of carbonyl (C=O) groups is 1. The molecule has 6 heteroatoms. The molecule has 0 fully saturated rings. The number of rotatable bonds is 3. The Bertz CT molecular complexity index is 994. The third-order valence-electron chi connectivity index (χ3n) is 4.45. The van der Waals surface area contributed by atoms with Crippen molar-refractivity contribution in [2.75, 3.05) is 0 Å². The van der Waals surface area contributed by atoms with Gasteiger partial charge in [-0.15, -0.1) is 0 Å². The van der Waals surface area contributed by atoms with Crippen LogP contribution in [0.3, 0.4) is 0 Å². The third-order valence-corrected chi connectivity index (χ3v) is 4.45. The number of benzene rings is 2. The summed E-state index contributed by atoms with van der Waals surface area (Å²) in [6.07, 6.45) is 1.70. The van der Waals surface area contributed by atoms with Crippen LogP contribution in [-0.2, 0) is 13.1 Å². The van der Waals surface area contributed by atoms with Crippen molar-refractivity contribution in [2.45, 2.75) is 20.0 Å². The molecule has 0 bridgehead atoms. The fourth-order valence-corrected chi connectivity index (χ4v) is 3.25. The molecule has 0 aliphatic carbocycles. The summed E-state index contributed by atoms with van der Waals surface area (Å²) in [5.74, 6) is -1.49. The molecule has 0 atom stereocenters. The monoisotopic (exact) mass is 339 g/mol. The highest BCUT2D eigenvalue weighted by molar-refractivity contribution is 6.02. The van der Waals surface area contributed by atoms with Crippen LogP contribution in [0, 0.1) is 11.6 Å². The highest BCUT2D eigenvalue weighted by Crippen LogP contribution is 2.35. The van der Waals surface area contributed by atoms with Gasteiger partial charge in [-0.05, 0) is 48.4 Å². The summed E-state index contributed by atoms with van der Waals surface area (Å²) in [5, 5.41) is 7.08. The number of nitrogens with one attached hydrogen (secondary N) is 1. The lowest BCUT2D eigenvalue weighted by Gasteiger charge is -2.13. The smallest absolute Gasteiger partial charge is 0.251 e. The third kappa shape index (κ3) is 2.50.